The van der Waals surface area contributed by atoms with Crippen LogP contribution in [0.25, 0.3) is 0 Å². The molecule has 0 saturated carbocycles. The molecule has 6 nitrogen and oxygen atoms in total. The van der Waals surface area contributed by atoms with Crippen molar-refractivity contribution in [3.8, 4) is 0 Å². The highest BCUT2D eigenvalue weighted by Crippen LogP contribution is 2.14. The van der Waals surface area contributed by atoms with Gasteiger partial charge >= 0.3 is 17.9 Å². The van der Waals surface area contributed by atoms with Gasteiger partial charge in [0.05, 0.1) is 0 Å². The average molecular weight is 801 g/mol. The summed E-state index contributed by atoms with van der Waals surface area (Å²) in [5.74, 6) is -0.925. The summed E-state index contributed by atoms with van der Waals surface area (Å²) in [5, 5.41) is 0. The predicted molar refractivity (Wildman–Crippen MR) is 242 cm³/mol. The number of unbranched alkanes of at least 4 members (excludes halogenated alkanes) is 28. The topological polar surface area (TPSA) is 78.9 Å². The lowest BCUT2D eigenvalue weighted by atomic mass is 10.1. The van der Waals surface area contributed by atoms with Gasteiger partial charge in [-0.15, -0.1) is 0 Å². The van der Waals surface area contributed by atoms with Crippen LogP contribution in [0.2, 0.25) is 0 Å². The average Bonchev–Trinajstić information content (AvgIpc) is 3.21. The molecule has 0 amide bonds. The van der Waals surface area contributed by atoms with E-state index < -0.39 is 6.10 Å². The zero-order chi connectivity index (χ0) is 41.5. The van der Waals surface area contributed by atoms with Gasteiger partial charge in [-0.3, -0.25) is 14.4 Å². The lowest BCUT2D eigenvalue weighted by molar-refractivity contribution is -0.167. The van der Waals surface area contributed by atoms with Crippen molar-refractivity contribution < 1.29 is 28.6 Å². The van der Waals surface area contributed by atoms with E-state index in [2.05, 4.69) is 57.2 Å². The first-order chi connectivity index (χ1) is 28.0. The third-order valence-electron chi connectivity index (χ3n) is 10.6. The van der Waals surface area contributed by atoms with Crippen LogP contribution in [0.3, 0.4) is 0 Å². The summed E-state index contributed by atoms with van der Waals surface area (Å²) in [7, 11) is 0. The lowest BCUT2D eigenvalue weighted by Gasteiger charge is -2.18. The highest BCUT2D eigenvalue weighted by Gasteiger charge is 2.19. The monoisotopic (exact) mass is 801 g/mol. The standard InChI is InChI=1S/C51H92O6/c1-4-7-10-13-16-19-22-24-25-26-28-29-32-35-38-41-44-50(53)56-47-48(46-55-49(52)43-40-37-34-31-21-18-15-12-9-6-3)57-51(54)45-42-39-36-33-30-27-23-20-17-14-11-8-5-2/h25-30,48H,4-24,31-47H2,1-3H3/b26-25-,29-28-,30-27-. The molecule has 0 fully saturated rings. The Morgan fingerprint density at radius 2 is 0.632 bits per heavy atom. The molecular weight excluding hydrogens is 709 g/mol. The molecule has 0 aliphatic heterocycles. The summed E-state index contributed by atoms with van der Waals surface area (Å²) in [6.45, 7) is 6.58. The molecule has 0 aromatic rings. The predicted octanol–water partition coefficient (Wildman–Crippen LogP) is 15.8. The lowest BCUT2D eigenvalue weighted by Crippen LogP contribution is -2.30. The van der Waals surface area contributed by atoms with Gasteiger partial charge in [0.25, 0.3) is 0 Å². The van der Waals surface area contributed by atoms with Crippen molar-refractivity contribution >= 4 is 17.9 Å². The summed E-state index contributed by atoms with van der Waals surface area (Å²) in [6.07, 6.45) is 52.7. The Bertz CT molecular complexity index is 969. The fourth-order valence-electron chi connectivity index (χ4n) is 6.90. The van der Waals surface area contributed by atoms with Crippen LogP contribution in [0, 0.1) is 0 Å². The van der Waals surface area contributed by atoms with Crippen molar-refractivity contribution in [1.29, 1.82) is 0 Å². The van der Waals surface area contributed by atoms with Crippen LogP contribution in [0.15, 0.2) is 36.5 Å². The SMILES string of the molecule is CCCCCCCC/C=C\CCCCCC(=O)OC(COC(=O)CCCCC/C=C\C=C/CCCCCCCCC)COC(=O)CCCCCCCCCCCC. The van der Waals surface area contributed by atoms with Crippen LogP contribution < -0.4 is 0 Å². The summed E-state index contributed by atoms with van der Waals surface area (Å²) >= 11 is 0. The fourth-order valence-corrected chi connectivity index (χ4v) is 6.90. The maximum atomic E-state index is 12.7. The number of hydrogen-bond acceptors (Lipinski definition) is 6. The van der Waals surface area contributed by atoms with Crippen molar-refractivity contribution in [2.75, 3.05) is 13.2 Å². The van der Waals surface area contributed by atoms with E-state index >= 15 is 0 Å². The van der Waals surface area contributed by atoms with Gasteiger partial charge in [-0.1, -0.05) is 198 Å². The molecule has 0 saturated heterocycles. The van der Waals surface area contributed by atoms with Crippen LogP contribution in [0.5, 0.6) is 0 Å². The molecule has 0 bridgehead atoms. The number of allylic oxidation sites excluding steroid dienone is 6. The minimum absolute atomic E-state index is 0.0845. The Morgan fingerprint density at radius 1 is 0.351 bits per heavy atom. The largest absolute Gasteiger partial charge is 0.462 e. The summed E-state index contributed by atoms with van der Waals surface area (Å²) in [6, 6.07) is 0. The quantitative estimate of drug-likeness (QED) is 0.0201. The fraction of sp³-hybridized carbons (Fsp3) is 0.824. The molecule has 0 N–H and O–H groups in total. The summed E-state index contributed by atoms with van der Waals surface area (Å²) in [5.41, 5.74) is 0. The van der Waals surface area contributed by atoms with Gasteiger partial charge in [0.2, 0.25) is 0 Å². The van der Waals surface area contributed by atoms with E-state index in [0.717, 1.165) is 83.5 Å². The number of carbonyl (C=O) groups excluding carboxylic acids is 3. The minimum Gasteiger partial charge on any atom is -0.462 e. The van der Waals surface area contributed by atoms with Crippen molar-refractivity contribution in [2.24, 2.45) is 0 Å². The minimum atomic E-state index is -0.785. The second kappa shape index (κ2) is 46.3. The molecule has 0 rings (SSSR count). The second-order valence-corrected chi connectivity index (χ2v) is 16.4. The van der Waals surface area contributed by atoms with Crippen molar-refractivity contribution in [3.63, 3.8) is 0 Å². The Morgan fingerprint density at radius 3 is 1.00 bits per heavy atom. The molecule has 0 aliphatic rings. The second-order valence-electron chi connectivity index (χ2n) is 16.4. The van der Waals surface area contributed by atoms with Gasteiger partial charge in [0, 0.05) is 19.3 Å². The molecular formula is C51H92O6. The zero-order valence-electron chi connectivity index (χ0n) is 37.9. The van der Waals surface area contributed by atoms with Gasteiger partial charge in [0.15, 0.2) is 6.10 Å². The molecule has 1 unspecified atom stereocenters. The first-order valence-electron chi connectivity index (χ1n) is 24.5. The van der Waals surface area contributed by atoms with E-state index in [-0.39, 0.29) is 31.1 Å². The molecule has 0 aliphatic carbocycles. The normalized spacial score (nSPS) is 12.3. The van der Waals surface area contributed by atoms with Crippen molar-refractivity contribution in [3.05, 3.63) is 36.5 Å². The Hall–Kier alpha value is -2.37. The van der Waals surface area contributed by atoms with E-state index in [9.17, 15) is 14.4 Å². The van der Waals surface area contributed by atoms with Crippen LogP contribution in [-0.4, -0.2) is 37.2 Å². The van der Waals surface area contributed by atoms with Gasteiger partial charge < -0.3 is 14.2 Å². The summed E-state index contributed by atoms with van der Waals surface area (Å²) < 4.78 is 16.7. The number of esters is 3. The highest BCUT2D eigenvalue weighted by atomic mass is 16.6. The van der Waals surface area contributed by atoms with Crippen molar-refractivity contribution in [1.82, 2.24) is 0 Å². The molecule has 0 aromatic heterocycles. The number of ether oxygens (including phenoxy) is 3. The maximum absolute atomic E-state index is 12.7. The van der Waals surface area contributed by atoms with Crippen LogP contribution in [-0.2, 0) is 28.6 Å². The van der Waals surface area contributed by atoms with Crippen LogP contribution in [0.1, 0.15) is 252 Å². The molecule has 0 radical (unpaired) electrons. The van der Waals surface area contributed by atoms with Crippen LogP contribution >= 0.6 is 0 Å². The third kappa shape index (κ3) is 44.6. The molecule has 0 heterocycles. The maximum Gasteiger partial charge on any atom is 0.306 e. The van der Waals surface area contributed by atoms with Gasteiger partial charge in [0.1, 0.15) is 13.2 Å². The first kappa shape index (κ1) is 54.6. The van der Waals surface area contributed by atoms with E-state index in [0.29, 0.717) is 19.3 Å². The van der Waals surface area contributed by atoms with Gasteiger partial charge in [-0.2, -0.15) is 0 Å². The van der Waals surface area contributed by atoms with Crippen LogP contribution in [0.4, 0.5) is 0 Å². The molecule has 57 heavy (non-hydrogen) atoms. The van der Waals surface area contributed by atoms with Gasteiger partial charge in [-0.05, 0) is 70.6 Å². The Kier molecular flexibility index (Phi) is 44.4. The third-order valence-corrected chi connectivity index (χ3v) is 10.6. The molecule has 0 aromatic carbocycles. The van der Waals surface area contributed by atoms with Crippen molar-refractivity contribution in [2.45, 2.75) is 258 Å². The summed E-state index contributed by atoms with van der Waals surface area (Å²) in [4.78, 5) is 37.8. The smallest absolute Gasteiger partial charge is 0.306 e. The number of rotatable bonds is 44. The van der Waals surface area contributed by atoms with E-state index in [1.807, 2.05) is 0 Å². The zero-order valence-corrected chi connectivity index (χ0v) is 37.9. The van der Waals surface area contributed by atoms with E-state index in [1.54, 1.807) is 0 Å². The molecule has 6 heteroatoms. The van der Waals surface area contributed by atoms with E-state index in [1.165, 1.54) is 128 Å². The van der Waals surface area contributed by atoms with Gasteiger partial charge in [-0.25, -0.2) is 0 Å². The number of hydrogen-bond donors (Lipinski definition) is 0. The molecule has 0 spiro atoms. The number of carbonyl (C=O) groups is 3. The molecule has 332 valence electrons. The Balaban J connectivity index is 4.40. The first-order valence-corrected chi connectivity index (χ1v) is 24.5. The molecule has 1 atom stereocenters. The Labute approximate surface area is 353 Å². The highest BCUT2D eigenvalue weighted by molar-refractivity contribution is 5.71. The van der Waals surface area contributed by atoms with E-state index in [4.69, 9.17) is 14.2 Å².